The van der Waals surface area contributed by atoms with E-state index in [1.54, 1.807) is 0 Å². The first kappa shape index (κ1) is 11.7. The average Bonchev–Trinajstić information content (AvgIpc) is 3.05. The molecule has 0 atom stereocenters. The van der Waals surface area contributed by atoms with E-state index in [9.17, 15) is 4.79 Å². The molecule has 18 heavy (non-hydrogen) atoms. The highest BCUT2D eigenvalue weighted by Gasteiger charge is 2.21. The maximum absolute atomic E-state index is 12.2. The Balaban J connectivity index is 1.67. The molecule has 0 radical (unpaired) electrons. The second-order valence-corrected chi connectivity index (χ2v) is 5.18. The van der Waals surface area contributed by atoms with E-state index in [1.807, 2.05) is 18.2 Å². The van der Waals surface area contributed by atoms with Crippen LogP contribution in [0.5, 0.6) is 5.75 Å². The number of Topliss-reactive ketones (excluding diaryl/α,β-unsaturated/α-hetero) is 1. The van der Waals surface area contributed by atoms with Crippen LogP contribution in [-0.2, 0) is 6.42 Å². The van der Waals surface area contributed by atoms with Crippen molar-refractivity contribution < 1.29 is 9.53 Å². The minimum Gasteiger partial charge on any atom is -0.492 e. The molecule has 1 fully saturated rings. The van der Waals surface area contributed by atoms with Gasteiger partial charge in [-0.3, -0.25) is 4.79 Å². The molecule has 1 heterocycles. The quantitative estimate of drug-likeness (QED) is 0.827. The number of benzene rings is 1. The molecule has 0 aromatic heterocycles. The van der Waals surface area contributed by atoms with Crippen molar-refractivity contribution in [1.29, 1.82) is 0 Å². The smallest absolute Gasteiger partial charge is 0.180 e. The molecule has 0 saturated heterocycles. The summed E-state index contributed by atoms with van der Waals surface area (Å²) in [6.45, 7) is 1.14. The number of fused-ring (bicyclic) bond motifs is 1. The fourth-order valence-electron chi connectivity index (χ4n) is 2.90. The van der Waals surface area contributed by atoms with E-state index >= 15 is 0 Å². The van der Waals surface area contributed by atoms with Gasteiger partial charge in [0.15, 0.2) is 5.78 Å². The molecular weight excluding hydrogens is 226 g/mol. The zero-order chi connectivity index (χ0) is 12.4. The van der Waals surface area contributed by atoms with Gasteiger partial charge in [0.25, 0.3) is 0 Å². The summed E-state index contributed by atoms with van der Waals surface area (Å²) < 4.78 is 5.57. The summed E-state index contributed by atoms with van der Waals surface area (Å²) in [5.74, 6) is 0.969. The molecule has 3 rings (SSSR count). The Bertz CT molecular complexity index is 450. The Hall–Kier alpha value is -1.35. The topological polar surface area (TPSA) is 38.3 Å². The predicted octanol–water partition coefficient (Wildman–Crippen LogP) is 2.34. The highest BCUT2D eigenvalue weighted by atomic mass is 16.5. The molecule has 1 N–H and O–H groups in total. The van der Waals surface area contributed by atoms with Crippen LogP contribution in [0.3, 0.4) is 0 Å². The van der Waals surface area contributed by atoms with E-state index in [4.69, 9.17) is 4.74 Å². The second-order valence-electron chi connectivity index (χ2n) is 5.18. The van der Waals surface area contributed by atoms with Crippen molar-refractivity contribution in [3.8, 4) is 5.75 Å². The fourth-order valence-corrected chi connectivity index (χ4v) is 2.90. The minimum absolute atomic E-state index is 0.153. The van der Waals surface area contributed by atoms with Gasteiger partial charge in [-0.1, -0.05) is 25.0 Å². The molecule has 0 amide bonds. The van der Waals surface area contributed by atoms with E-state index < -0.39 is 0 Å². The number of hydrogen-bond acceptors (Lipinski definition) is 3. The van der Waals surface area contributed by atoms with Crippen molar-refractivity contribution >= 4 is 5.78 Å². The van der Waals surface area contributed by atoms with Gasteiger partial charge in [0, 0.05) is 12.5 Å². The molecule has 1 aromatic rings. The number of ketones is 1. The summed E-state index contributed by atoms with van der Waals surface area (Å²) in [5.41, 5.74) is 1.91. The van der Waals surface area contributed by atoms with Gasteiger partial charge in [-0.2, -0.15) is 0 Å². The third-order valence-electron chi connectivity index (χ3n) is 3.92. The summed E-state index contributed by atoms with van der Waals surface area (Å²) in [5, 5.41) is 3.37. The second kappa shape index (κ2) is 5.11. The van der Waals surface area contributed by atoms with Gasteiger partial charge in [0.1, 0.15) is 5.75 Å². The number of nitrogens with one attached hydrogen (secondary N) is 1. The Morgan fingerprint density at radius 3 is 3.00 bits per heavy atom. The van der Waals surface area contributed by atoms with Crippen LogP contribution in [0, 0.1) is 0 Å². The van der Waals surface area contributed by atoms with Crippen LogP contribution in [-0.4, -0.2) is 25.0 Å². The van der Waals surface area contributed by atoms with Gasteiger partial charge in [0.05, 0.1) is 18.7 Å². The van der Waals surface area contributed by atoms with Crippen LogP contribution in [0.15, 0.2) is 18.2 Å². The normalized spacial score (nSPS) is 18.7. The first-order valence-corrected chi connectivity index (χ1v) is 6.86. The molecule has 1 aromatic carbocycles. The van der Waals surface area contributed by atoms with E-state index in [2.05, 4.69) is 5.32 Å². The van der Waals surface area contributed by atoms with Crippen LogP contribution < -0.4 is 10.1 Å². The molecule has 3 heteroatoms. The van der Waals surface area contributed by atoms with Crippen molar-refractivity contribution in [1.82, 2.24) is 5.32 Å². The molecule has 3 nitrogen and oxygen atoms in total. The Kier molecular flexibility index (Phi) is 3.33. The van der Waals surface area contributed by atoms with Gasteiger partial charge in [-0.25, -0.2) is 0 Å². The maximum Gasteiger partial charge on any atom is 0.180 e. The lowest BCUT2D eigenvalue weighted by Gasteiger charge is -2.12. The van der Waals surface area contributed by atoms with Crippen LogP contribution in [0.4, 0.5) is 0 Å². The van der Waals surface area contributed by atoms with Crippen molar-refractivity contribution in [2.75, 3.05) is 13.2 Å². The van der Waals surface area contributed by atoms with E-state index in [-0.39, 0.29) is 5.78 Å². The Morgan fingerprint density at radius 1 is 1.33 bits per heavy atom. The number of hydrogen-bond donors (Lipinski definition) is 1. The monoisotopic (exact) mass is 245 g/mol. The van der Waals surface area contributed by atoms with Crippen molar-refractivity contribution in [2.45, 2.75) is 38.1 Å². The number of ether oxygens (including phenoxy) is 1. The summed E-state index contributed by atoms with van der Waals surface area (Å²) in [6.07, 6.45) is 5.91. The largest absolute Gasteiger partial charge is 0.492 e. The predicted molar refractivity (Wildman–Crippen MR) is 70.2 cm³/mol. The third kappa shape index (κ3) is 2.27. The van der Waals surface area contributed by atoms with E-state index in [1.165, 1.54) is 31.2 Å². The number of para-hydroxylation sites is 1. The van der Waals surface area contributed by atoms with Gasteiger partial charge < -0.3 is 10.1 Å². The number of rotatable bonds is 4. The van der Waals surface area contributed by atoms with Crippen molar-refractivity contribution in [3.05, 3.63) is 29.3 Å². The van der Waals surface area contributed by atoms with Crippen molar-refractivity contribution in [2.24, 2.45) is 0 Å². The maximum atomic E-state index is 12.2. The van der Waals surface area contributed by atoms with E-state index in [0.29, 0.717) is 19.2 Å². The first-order valence-electron chi connectivity index (χ1n) is 6.86. The molecule has 2 aliphatic rings. The van der Waals surface area contributed by atoms with Gasteiger partial charge >= 0.3 is 0 Å². The van der Waals surface area contributed by atoms with Gasteiger partial charge in [-0.05, 0) is 24.5 Å². The lowest BCUT2D eigenvalue weighted by Crippen LogP contribution is -2.31. The zero-order valence-corrected chi connectivity index (χ0v) is 10.6. The first-order chi connectivity index (χ1) is 8.84. The molecule has 0 spiro atoms. The standard InChI is InChI=1S/C15H19NO2/c17-14(10-16-12-5-1-2-6-12)13-7-3-4-11-8-9-18-15(11)13/h3-4,7,12,16H,1-2,5-6,8-10H2. The van der Waals surface area contributed by atoms with Crippen LogP contribution in [0.2, 0.25) is 0 Å². The SMILES string of the molecule is O=C(CNC1CCCC1)c1cccc2c1OCC2. The molecule has 0 bridgehead atoms. The molecular formula is C15H19NO2. The zero-order valence-electron chi connectivity index (χ0n) is 10.6. The van der Waals surface area contributed by atoms with Gasteiger partial charge in [-0.15, -0.1) is 0 Å². The Labute approximate surface area is 108 Å². The van der Waals surface area contributed by atoms with Gasteiger partial charge in [0.2, 0.25) is 0 Å². The average molecular weight is 245 g/mol. The minimum atomic E-state index is 0.153. The lowest BCUT2D eigenvalue weighted by atomic mass is 10.0. The van der Waals surface area contributed by atoms with Crippen LogP contribution in [0.25, 0.3) is 0 Å². The van der Waals surface area contributed by atoms with Crippen LogP contribution >= 0.6 is 0 Å². The molecule has 1 aliphatic carbocycles. The lowest BCUT2D eigenvalue weighted by molar-refractivity contribution is 0.0984. The summed E-state index contributed by atoms with van der Waals surface area (Å²) >= 11 is 0. The molecule has 1 saturated carbocycles. The molecule has 0 unspecified atom stereocenters. The molecule has 96 valence electrons. The van der Waals surface area contributed by atoms with E-state index in [0.717, 1.165) is 17.7 Å². The van der Waals surface area contributed by atoms with Crippen LogP contribution in [0.1, 0.15) is 41.6 Å². The summed E-state index contributed by atoms with van der Waals surface area (Å²) in [7, 11) is 0. The Morgan fingerprint density at radius 2 is 2.17 bits per heavy atom. The number of carbonyl (C=O) groups is 1. The highest BCUT2D eigenvalue weighted by Crippen LogP contribution is 2.29. The molecule has 1 aliphatic heterocycles. The number of carbonyl (C=O) groups excluding carboxylic acids is 1. The highest BCUT2D eigenvalue weighted by molar-refractivity contribution is 6.00. The van der Waals surface area contributed by atoms with Crippen molar-refractivity contribution in [3.63, 3.8) is 0 Å². The fraction of sp³-hybridized carbons (Fsp3) is 0.533. The third-order valence-corrected chi connectivity index (χ3v) is 3.92. The summed E-state index contributed by atoms with van der Waals surface area (Å²) in [4.78, 5) is 12.2. The summed E-state index contributed by atoms with van der Waals surface area (Å²) in [6, 6.07) is 6.41.